The van der Waals surface area contributed by atoms with Crippen LogP contribution in [-0.2, 0) is 0 Å². The van der Waals surface area contributed by atoms with Gasteiger partial charge in [0.1, 0.15) is 0 Å². The van der Waals surface area contributed by atoms with Crippen LogP contribution in [0.25, 0.3) is 11.1 Å². The van der Waals surface area contributed by atoms with Gasteiger partial charge >= 0.3 is 0 Å². The van der Waals surface area contributed by atoms with E-state index in [1.165, 1.54) is 21.3 Å². The molecule has 0 aliphatic rings. The van der Waals surface area contributed by atoms with Crippen LogP contribution in [0.1, 0.15) is 22.8 Å². The largest absolute Gasteiger partial charge is 0.493 e. The number of amides is 1. The standard InChI is InChI=1S/C24H24N2O4/c1-16(17-10-12-19(13-11-17)18-8-6-5-7-9-18)25-26-24(27)20-14-21(28-2)23(30-4)22(15-20)29-3/h5-15H,1-4H3,(H,26,27)/b25-16+. The molecule has 3 rings (SSSR count). The number of ether oxygens (including phenoxy) is 3. The van der Waals surface area contributed by atoms with E-state index in [4.69, 9.17) is 14.2 Å². The molecule has 0 aliphatic carbocycles. The molecule has 1 amide bonds. The number of carbonyl (C=O) groups is 1. The zero-order valence-electron chi connectivity index (χ0n) is 17.4. The van der Waals surface area contributed by atoms with E-state index >= 15 is 0 Å². The Labute approximate surface area is 176 Å². The topological polar surface area (TPSA) is 69.2 Å². The Morgan fingerprint density at radius 2 is 1.33 bits per heavy atom. The Morgan fingerprint density at radius 1 is 0.767 bits per heavy atom. The van der Waals surface area contributed by atoms with Crippen molar-refractivity contribution >= 4 is 11.6 Å². The lowest BCUT2D eigenvalue weighted by Gasteiger charge is -2.13. The van der Waals surface area contributed by atoms with Crippen LogP contribution in [0.3, 0.4) is 0 Å². The van der Waals surface area contributed by atoms with Crippen LogP contribution in [0.5, 0.6) is 17.2 Å². The molecule has 0 aliphatic heterocycles. The molecular weight excluding hydrogens is 380 g/mol. The molecule has 0 saturated carbocycles. The van der Waals surface area contributed by atoms with Gasteiger partial charge in [0, 0.05) is 5.56 Å². The van der Waals surface area contributed by atoms with E-state index < -0.39 is 0 Å². The number of nitrogens with zero attached hydrogens (tertiary/aromatic N) is 1. The molecule has 0 aromatic heterocycles. The maximum atomic E-state index is 12.6. The number of hydrogen-bond donors (Lipinski definition) is 1. The molecule has 0 radical (unpaired) electrons. The molecule has 1 N–H and O–H groups in total. The number of hydrazone groups is 1. The second-order valence-electron chi connectivity index (χ2n) is 6.50. The molecule has 0 unspecified atom stereocenters. The van der Waals surface area contributed by atoms with Crippen LogP contribution in [0.2, 0.25) is 0 Å². The van der Waals surface area contributed by atoms with Crippen molar-refractivity contribution in [3.8, 4) is 28.4 Å². The van der Waals surface area contributed by atoms with Gasteiger partial charge in [0.05, 0.1) is 27.0 Å². The summed E-state index contributed by atoms with van der Waals surface area (Å²) >= 11 is 0. The van der Waals surface area contributed by atoms with Crippen molar-refractivity contribution < 1.29 is 19.0 Å². The third kappa shape index (κ3) is 4.60. The first-order valence-corrected chi connectivity index (χ1v) is 9.38. The predicted molar refractivity (Wildman–Crippen MR) is 118 cm³/mol. The van der Waals surface area contributed by atoms with Crippen molar-refractivity contribution in [2.24, 2.45) is 5.10 Å². The van der Waals surface area contributed by atoms with E-state index in [9.17, 15) is 4.79 Å². The summed E-state index contributed by atoms with van der Waals surface area (Å²) in [5, 5.41) is 4.23. The highest BCUT2D eigenvalue weighted by Gasteiger charge is 2.16. The van der Waals surface area contributed by atoms with E-state index in [0.29, 0.717) is 28.5 Å². The van der Waals surface area contributed by atoms with Crippen molar-refractivity contribution in [3.05, 3.63) is 77.9 Å². The lowest BCUT2D eigenvalue weighted by Crippen LogP contribution is -2.19. The van der Waals surface area contributed by atoms with Gasteiger partial charge < -0.3 is 14.2 Å². The van der Waals surface area contributed by atoms with Crippen LogP contribution in [0.15, 0.2) is 71.8 Å². The maximum absolute atomic E-state index is 12.6. The van der Waals surface area contributed by atoms with Crippen molar-refractivity contribution in [3.63, 3.8) is 0 Å². The van der Waals surface area contributed by atoms with E-state index in [1.54, 1.807) is 12.1 Å². The summed E-state index contributed by atoms with van der Waals surface area (Å²) in [6.45, 7) is 1.84. The normalized spacial score (nSPS) is 11.0. The van der Waals surface area contributed by atoms with Crippen LogP contribution >= 0.6 is 0 Å². The van der Waals surface area contributed by atoms with Crippen molar-refractivity contribution in [1.29, 1.82) is 0 Å². The molecule has 0 spiro atoms. The Kier molecular flexibility index (Phi) is 6.70. The SMILES string of the molecule is COc1cc(C(=O)N/N=C(\C)c2ccc(-c3ccccc3)cc2)cc(OC)c1OC. The quantitative estimate of drug-likeness (QED) is 0.464. The average molecular weight is 404 g/mol. The first-order valence-electron chi connectivity index (χ1n) is 9.38. The Hall–Kier alpha value is -3.80. The van der Waals surface area contributed by atoms with Gasteiger partial charge in [-0.05, 0) is 35.7 Å². The zero-order chi connectivity index (χ0) is 21.5. The highest BCUT2D eigenvalue weighted by molar-refractivity contribution is 6.01. The number of nitrogens with one attached hydrogen (secondary N) is 1. The predicted octanol–water partition coefficient (Wildman–Crippen LogP) is 4.53. The summed E-state index contributed by atoms with van der Waals surface area (Å²) in [6, 6.07) is 21.3. The fourth-order valence-electron chi connectivity index (χ4n) is 3.01. The van der Waals surface area contributed by atoms with E-state index in [0.717, 1.165) is 16.7 Å². The van der Waals surface area contributed by atoms with Crippen LogP contribution in [-0.4, -0.2) is 32.9 Å². The van der Waals surface area contributed by atoms with Gasteiger partial charge in [0.15, 0.2) is 11.5 Å². The number of methoxy groups -OCH3 is 3. The molecule has 0 atom stereocenters. The molecule has 0 fully saturated rings. The third-order valence-electron chi connectivity index (χ3n) is 4.66. The lowest BCUT2D eigenvalue weighted by atomic mass is 10.0. The molecule has 0 heterocycles. The minimum Gasteiger partial charge on any atom is -0.493 e. The van der Waals surface area contributed by atoms with E-state index in [1.807, 2.05) is 49.4 Å². The minimum absolute atomic E-state index is 0.348. The average Bonchev–Trinajstić information content (AvgIpc) is 2.81. The second-order valence-corrected chi connectivity index (χ2v) is 6.50. The minimum atomic E-state index is -0.380. The molecule has 6 nitrogen and oxygen atoms in total. The molecule has 30 heavy (non-hydrogen) atoms. The molecule has 3 aromatic carbocycles. The number of carbonyl (C=O) groups excluding carboxylic acids is 1. The number of benzene rings is 3. The molecule has 0 bridgehead atoms. The van der Waals surface area contributed by atoms with Gasteiger partial charge in [-0.25, -0.2) is 5.43 Å². The van der Waals surface area contributed by atoms with Crippen LogP contribution < -0.4 is 19.6 Å². The van der Waals surface area contributed by atoms with Crippen LogP contribution in [0.4, 0.5) is 0 Å². The third-order valence-corrected chi connectivity index (χ3v) is 4.66. The lowest BCUT2D eigenvalue weighted by molar-refractivity contribution is 0.0954. The monoisotopic (exact) mass is 404 g/mol. The number of hydrogen-bond acceptors (Lipinski definition) is 5. The van der Waals surface area contributed by atoms with Crippen molar-refractivity contribution in [2.75, 3.05) is 21.3 Å². The van der Waals surface area contributed by atoms with Gasteiger partial charge in [0.2, 0.25) is 5.75 Å². The van der Waals surface area contributed by atoms with Gasteiger partial charge in [-0.2, -0.15) is 5.10 Å². The summed E-state index contributed by atoms with van der Waals surface area (Å²) < 4.78 is 15.9. The first-order chi connectivity index (χ1) is 14.6. The van der Waals surface area contributed by atoms with E-state index in [-0.39, 0.29) is 5.91 Å². The van der Waals surface area contributed by atoms with Crippen molar-refractivity contribution in [2.45, 2.75) is 6.92 Å². The van der Waals surface area contributed by atoms with Gasteiger partial charge in [-0.15, -0.1) is 0 Å². The molecular formula is C24H24N2O4. The fraction of sp³-hybridized carbons (Fsp3) is 0.167. The highest BCUT2D eigenvalue weighted by Crippen LogP contribution is 2.38. The molecule has 0 saturated heterocycles. The van der Waals surface area contributed by atoms with Gasteiger partial charge in [-0.1, -0.05) is 54.6 Å². The van der Waals surface area contributed by atoms with E-state index in [2.05, 4.69) is 22.7 Å². The van der Waals surface area contributed by atoms with Gasteiger partial charge in [0.25, 0.3) is 5.91 Å². The van der Waals surface area contributed by atoms with Gasteiger partial charge in [-0.3, -0.25) is 4.79 Å². The Morgan fingerprint density at radius 3 is 1.87 bits per heavy atom. The second kappa shape index (κ2) is 9.60. The van der Waals surface area contributed by atoms with Crippen LogP contribution in [0, 0.1) is 0 Å². The Bertz CT molecular complexity index is 1020. The first kappa shape index (κ1) is 20.9. The smallest absolute Gasteiger partial charge is 0.271 e. The summed E-state index contributed by atoms with van der Waals surface area (Å²) in [5.74, 6) is 0.850. The highest BCUT2D eigenvalue weighted by atomic mass is 16.5. The Balaban J connectivity index is 1.76. The summed E-state index contributed by atoms with van der Waals surface area (Å²) in [4.78, 5) is 12.6. The fourth-order valence-corrected chi connectivity index (χ4v) is 3.01. The molecule has 154 valence electrons. The summed E-state index contributed by atoms with van der Waals surface area (Å²) in [5.41, 5.74) is 6.80. The number of rotatable bonds is 7. The summed E-state index contributed by atoms with van der Waals surface area (Å²) in [7, 11) is 4.51. The molecule has 3 aromatic rings. The molecule has 6 heteroatoms. The maximum Gasteiger partial charge on any atom is 0.271 e. The summed E-state index contributed by atoms with van der Waals surface area (Å²) in [6.07, 6.45) is 0. The van der Waals surface area contributed by atoms with Crippen molar-refractivity contribution in [1.82, 2.24) is 5.43 Å². The zero-order valence-corrected chi connectivity index (χ0v) is 17.4.